The summed E-state index contributed by atoms with van der Waals surface area (Å²) >= 11 is 0. The number of aromatic hydroxyl groups is 1. The summed E-state index contributed by atoms with van der Waals surface area (Å²) in [6.07, 6.45) is 0.374. The van der Waals surface area contributed by atoms with Crippen molar-refractivity contribution in [3.63, 3.8) is 0 Å². The predicted molar refractivity (Wildman–Crippen MR) is 89.0 cm³/mol. The molecule has 0 bridgehead atoms. The number of anilines is 2. The Balaban J connectivity index is 1.84. The average Bonchev–Trinajstić information content (AvgIpc) is 2.89. The number of amides is 3. The highest BCUT2D eigenvalue weighted by Crippen LogP contribution is 2.26. The molecule has 1 aliphatic rings. The zero-order chi connectivity index (χ0) is 17.3. The Morgan fingerprint density at radius 3 is 2.46 bits per heavy atom. The van der Waals surface area contributed by atoms with Gasteiger partial charge in [-0.2, -0.15) is 0 Å². The highest BCUT2D eigenvalue weighted by molar-refractivity contribution is 6.20. The first-order valence-electron chi connectivity index (χ1n) is 7.52. The molecule has 0 atom stereocenters. The Morgan fingerprint density at radius 2 is 1.79 bits per heavy atom. The van der Waals surface area contributed by atoms with Gasteiger partial charge in [0.2, 0.25) is 11.8 Å². The number of benzene rings is 2. The summed E-state index contributed by atoms with van der Waals surface area (Å²) in [5.41, 5.74) is 1.84. The molecule has 2 aromatic rings. The van der Waals surface area contributed by atoms with Crippen LogP contribution in [-0.2, 0) is 9.59 Å². The molecule has 2 aromatic carbocycles. The van der Waals surface area contributed by atoms with Crippen molar-refractivity contribution in [1.29, 1.82) is 0 Å². The number of carbonyl (C=O) groups excluding carboxylic acids is 3. The van der Waals surface area contributed by atoms with Crippen LogP contribution in [-0.4, -0.2) is 22.8 Å². The van der Waals surface area contributed by atoms with Crippen LogP contribution in [0.25, 0.3) is 0 Å². The summed E-state index contributed by atoms with van der Waals surface area (Å²) in [5.74, 6) is -0.998. The number of phenols is 1. The first-order chi connectivity index (χ1) is 11.5. The van der Waals surface area contributed by atoms with Gasteiger partial charge in [0.15, 0.2) is 0 Å². The molecule has 3 rings (SSSR count). The number of nitrogens with zero attached hydrogens (tertiary/aromatic N) is 1. The first kappa shape index (κ1) is 15.7. The Morgan fingerprint density at radius 1 is 1.08 bits per heavy atom. The van der Waals surface area contributed by atoms with Crippen molar-refractivity contribution in [2.75, 3.05) is 10.2 Å². The lowest BCUT2D eigenvalue weighted by molar-refractivity contribution is -0.121. The van der Waals surface area contributed by atoms with Gasteiger partial charge in [-0.05, 0) is 42.8 Å². The molecule has 6 heteroatoms. The van der Waals surface area contributed by atoms with Crippen molar-refractivity contribution >= 4 is 29.1 Å². The number of nitrogens with one attached hydrogen (secondary N) is 1. The lowest BCUT2D eigenvalue weighted by Crippen LogP contribution is -2.28. The summed E-state index contributed by atoms with van der Waals surface area (Å²) in [5, 5.41) is 12.5. The fourth-order valence-corrected chi connectivity index (χ4v) is 2.59. The van der Waals surface area contributed by atoms with E-state index < -0.39 is 5.91 Å². The number of rotatable bonds is 3. The Hall–Kier alpha value is -3.15. The second-order valence-electron chi connectivity index (χ2n) is 5.65. The van der Waals surface area contributed by atoms with Crippen LogP contribution >= 0.6 is 0 Å². The van der Waals surface area contributed by atoms with E-state index in [1.54, 1.807) is 36.4 Å². The van der Waals surface area contributed by atoms with E-state index in [-0.39, 0.29) is 30.4 Å². The van der Waals surface area contributed by atoms with Gasteiger partial charge in [-0.1, -0.05) is 12.1 Å². The van der Waals surface area contributed by atoms with E-state index in [1.807, 2.05) is 6.92 Å². The van der Waals surface area contributed by atoms with Gasteiger partial charge in [0.1, 0.15) is 5.75 Å². The minimum atomic E-state index is -0.435. The topological polar surface area (TPSA) is 86.7 Å². The van der Waals surface area contributed by atoms with Gasteiger partial charge in [-0.25, -0.2) is 0 Å². The molecule has 0 saturated carbocycles. The molecule has 0 radical (unpaired) electrons. The quantitative estimate of drug-likeness (QED) is 0.671. The monoisotopic (exact) mass is 324 g/mol. The molecular weight excluding hydrogens is 308 g/mol. The van der Waals surface area contributed by atoms with Gasteiger partial charge >= 0.3 is 0 Å². The SMILES string of the molecule is Cc1ccc(NC(=O)c2cccc(N3C(=O)CCC3=O)c2)c(O)c1. The van der Waals surface area contributed by atoms with Crippen LogP contribution in [0, 0.1) is 6.92 Å². The van der Waals surface area contributed by atoms with E-state index >= 15 is 0 Å². The Kier molecular flexibility index (Phi) is 4.04. The largest absolute Gasteiger partial charge is 0.506 e. The number of aryl methyl sites for hydroxylation is 1. The van der Waals surface area contributed by atoms with E-state index in [2.05, 4.69) is 5.32 Å². The van der Waals surface area contributed by atoms with Crippen LogP contribution in [0.15, 0.2) is 42.5 Å². The Bertz CT molecular complexity index is 829. The maximum absolute atomic E-state index is 12.4. The number of phenolic OH excluding ortho intramolecular Hbond substituents is 1. The van der Waals surface area contributed by atoms with Crippen molar-refractivity contribution in [3.05, 3.63) is 53.6 Å². The van der Waals surface area contributed by atoms with Crippen molar-refractivity contribution in [3.8, 4) is 5.75 Å². The summed E-state index contributed by atoms with van der Waals surface area (Å²) < 4.78 is 0. The highest BCUT2D eigenvalue weighted by Gasteiger charge is 2.30. The van der Waals surface area contributed by atoms with Gasteiger partial charge in [0.05, 0.1) is 11.4 Å². The van der Waals surface area contributed by atoms with Gasteiger partial charge < -0.3 is 10.4 Å². The smallest absolute Gasteiger partial charge is 0.255 e. The molecule has 122 valence electrons. The minimum absolute atomic E-state index is 0.0237. The fourth-order valence-electron chi connectivity index (χ4n) is 2.59. The van der Waals surface area contributed by atoms with Crippen molar-refractivity contribution < 1.29 is 19.5 Å². The van der Waals surface area contributed by atoms with E-state index in [9.17, 15) is 19.5 Å². The second-order valence-corrected chi connectivity index (χ2v) is 5.65. The molecule has 1 heterocycles. The molecule has 24 heavy (non-hydrogen) atoms. The maximum atomic E-state index is 12.4. The lowest BCUT2D eigenvalue weighted by Gasteiger charge is -2.15. The summed E-state index contributed by atoms with van der Waals surface area (Å²) in [6, 6.07) is 11.2. The lowest BCUT2D eigenvalue weighted by atomic mass is 10.1. The zero-order valence-corrected chi connectivity index (χ0v) is 13.1. The molecule has 0 aliphatic carbocycles. The van der Waals surface area contributed by atoms with E-state index in [0.29, 0.717) is 16.9 Å². The van der Waals surface area contributed by atoms with Crippen LogP contribution in [0.5, 0.6) is 5.75 Å². The van der Waals surface area contributed by atoms with E-state index in [1.165, 1.54) is 6.07 Å². The molecule has 1 saturated heterocycles. The van der Waals surface area contributed by atoms with Crippen LogP contribution in [0.3, 0.4) is 0 Å². The number of imide groups is 1. The number of hydrogen-bond donors (Lipinski definition) is 2. The maximum Gasteiger partial charge on any atom is 0.255 e. The summed E-state index contributed by atoms with van der Waals surface area (Å²) in [6.45, 7) is 1.83. The molecule has 6 nitrogen and oxygen atoms in total. The molecule has 1 fully saturated rings. The third-order valence-corrected chi connectivity index (χ3v) is 3.82. The predicted octanol–water partition coefficient (Wildman–Crippen LogP) is 2.61. The van der Waals surface area contributed by atoms with Crippen molar-refractivity contribution in [2.45, 2.75) is 19.8 Å². The molecule has 0 unspecified atom stereocenters. The van der Waals surface area contributed by atoms with Crippen LogP contribution in [0.2, 0.25) is 0 Å². The van der Waals surface area contributed by atoms with Crippen LogP contribution in [0.4, 0.5) is 11.4 Å². The zero-order valence-electron chi connectivity index (χ0n) is 13.1. The average molecular weight is 324 g/mol. The molecule has 1 aliphatic heterocycles. The first-order valence-corrected chi connectivity index (χ1v) is 7.52. The fraction of sp³-hybridized carbons (Fsp3) is 0.167. The number of hydrogen-bond acceptors (Lipinski definition) is 4. The number of carbonyl (C=O) groups is 3. The summed E-state index contributed by atoms with van der Waals surface area (Å²) in [4.78, 5) is 37.1. The van der Waals surface area contributed by atoms with Crippen LogP contribution in [0.1, 0.15) is 28.8 Å². The van der Waals surface area contributed by atoms with Crippen molar-refractivity contribution in [2.24, 2.45) is 0 Å². The minimum Gasteiger partial charge on any atom is -0.506 e. The van der Waals surface area contributed by atoms with Gasteiger partial charge in [0, 0.05) is 18.4 Å². The molecule has 0 aromatic heterocycles. The molecule has 0 spiro atoms. The molecule has 2 N–H and O–H groups in total. The van der Waals surface area contributed by atoms with Gasteiger partial charge in [-0.3, -0.25) is 19.3 Å². The summed E-state index contributed by atoms with van der Waals surface area (Å²) in [7, 11) is 0. The third kappa shape index (κ3) is 2.99. The van der Waals surface area contributed by atoms with Gasteiger partial charge in [-0.15, -0.1) is 0 Å². The second kappa shape index (κ2) is 6.16. The van der Waals surface area contributed by atoms with Crippen molar-refractivity contribution in [1.82, 2.24) is 0 Å². The Labute approximate surface area is 138 Å². The highest BCUT2D eigenvalue weighted by atomic mass is 16.3. The van der Waals surface area contributed by atoms with E-state index in [0.717, 1.165) is 10.5 Å². The van der Waals surface area contributed by atoms with Gasteiger partial charge in [0.25, 0.3) is 5.91 Å². The third-order valence-electron chi connectivity index (χ3n) is 3.82. The molecular formula is C18H16N2O4. The molecule has 3 amide bonds. The van der Waals surface area contributed by atoms with Crippen LogP contribution < -0.4 is 10.2 Å². The standard InChI is InChI=1S/C18H16N2O4/c1-11-5-6-14(15(21)9-11)19-18(24)12-3-2-4-13(10-12)20-16(22)7-8-17(20)23/h2-6,9-10,21H,7-8H2,1H3,(H,19,24). The van der Waals surface area contributed by atoms with E-state index in [4.69, 9.17) is 0 Å². The normalized spacial score (nSPS) is 14.1.